The number of aryl methyl sites for hydroxylation is 1. The zero-order valence-electron chi connectivity index (χ0n) is 18.7. The number of hydrogen-bond acceptors (Lipinski definition) is 6. The van der Waals surface area contributed by atoms with E-state index < -0.39 is 21.5 Å². The number of sulfone groups is 1. The van der Waals surface area contributed by atoms with Crippen LogP contribution in [0.5, 0.6) is 0 Å². The minimum Gasteiger partial charge on any atom is -0.444 e. The number of carbonyl (C=O) groups excluding carboxylic acids is 1. The summed E-state index contributed by atoms with van der Waals surface area (Å²) in [5.74, 6) is 0. The molecule has 1 amide bonds. The van der Waals surface area contributed by atoms with E-state index in [0.717, 1.165) is 0 Å². The van der Waals surface area contributed by atoms with Crippen molar-refractivity contribution in [1.82, 2.24) is 15.1 Å². The fraction of sp³-hybridized carbons (Fsp3) is 0.524. The largest absolute Gasteiger partial charge is 0.444 e. The molecule has 0 spiro atoms. The molecule has 8 nitrogen and oxygen atoms in total. The molecule has 9 heteroatoms. The van der Waals surface area contributed by atoms with E-state index in [9.17, 15) is 13.2 Å². The molecule has 0 fully saturated rings. The Hall–Kier alpha value is -2.55. The van der Waals surface area contributed by atoms with Gasteiger partial charge >= 0.3 is 6.09 Å². The highest BCUT2D eigenvalue weighted by molar-refractivity contribution is 7.91. The molecule has 1 aromatic carbocycles. The van der Waals surface area contributed by atoms with E-state index in [-0.39, 0.29) is 15.8 Å². The Kier molecular flexibility index (Phi) is 7.18. The molecule has 0 radical (unpaired) electrons. The van der Waals surface area contributed by atoms with Gasteiger partial charge in [-0.3, -0.25) is 4.68 Å². The van der Waals surface area contributed by atoms with Gasteiger partial charge in [0.05, 0.1) is 22.8 Å². The Morgan fingerprint density at radius 3 is 2.53 bits per heavy atom. The van der Waals surface area contributed by atoms with Crippen LogP contribution in [-0.4, -0.2) is 43.0 Å². The molecule has 0 aliphatic carbocycles. The fourth-order valence-electron chi connectivity index (χ4n) is 3.21. The van der Waals surface area contributed by atoms with Gasteiger partial charge in [0, 0.05) is 18.8 Å². The Bertz CT molecular complexity index is 1010. The van der Waals surface area contributed by atoms with E-state index in [1.165, 1.54) is 0 Å². The van der Waals surface area contributed by atoms with Gasteiger partial charge in [-0.05, 0) is 59.2 Å². The van der Waals surface area contributed by atoms with E-state index in [4.69, 9.17) is 4.74 Å². The van der Waals surface area contributed by atoms with Crippen molar-refractivity contribution in [2.45, 2.75) is 75.9 Å². The summed E-state index contributed by atoms with van der Waals surface area (Å²) in [6.45, 7) is 11.1. The molecular weight excluding hydrogens is 404 g/mol. The zero-order valence-corrected chi connectivity index (χ0v) is 19.6. The lowest BCUT2D eigenvalue weighted by atomic mass is 10.2. The van der Waals surface area contributed by atoms with Gasteiger partial charge in [0.15, 0.2) is 0 Å². The number of nitrogens with zero attached hydrogens (tertiary/aromatic N) is 2. The van der Waals surface area contributed by atoms with Crippen molar-refractivity contribution in [3.8, 4) is 0 Å². The summed E-state index contributed by atoms with van der Waals surface area (Å²) < 4.78 is 33.7. The third-order valence-electron chi connectivity index (χ3n) is 4.42. The summed E-state index contributed by atoms with van der Waals surface area (Å²) in [7, 11) is -2.00. The average Bonchev–Trinajstić information content (AvgIpc) is 2.95. The molecule has 166 valence electrons. The lowest BCUT2D eigenvalue weighted by molar-refractivity contribution is 0.0503. The molecule has 0 bridgehead atoms. The van der Waals surface area contributed by atoms with Crippen LogP contribution < -0.4 is 10.6 Å². The van der Waals surface area contributed by atoms with Gasteiger partial charge < -0.3 is 15.4 Å². The molecule has 2 rings (SSSR count). The van der Waals surface area contributed by atoms with Crippen LogP contribution in [0.25, 0.3) is 0 Å². The molecule has 1 heterocycles. The number of carbonyl (C=O) groups is 1. The number of amides is 1. The SMILES string of the molecule is CCc1c(S(=O)(=O)c2cccc(NC)c2)c(C)nn1CC(C)NC(=O)OC(C)(C)C. The molecule has 2 aromatic rings. The monoisotopic (exact) mass is 436 g/mol. The molecule has 0 aliphatic heterocycles. The van der Waals surface area contributed by atoms with Crippen LogP contribution in [-0.2, 0) is 27.5 Å². The predicted octanol–water partition coefficient (Wildman–Crippen LogP) is 3.54. The number of ether oxygens (including phenoxy) is 1. The van der Waals surface area contributed by atoms with E-state index in [1.807, 2.05) is 13.8 Å². The summed E-state index contributed by atoms with van der Waals surface area (Å²) in [6, 6.07) is 6.40. The Morgan fingerprint density at radius 2 is 1.97 bits per heavy atom. The van der Waals surface area contributed by atoms with Crippen LogP contribution in [0.1, 0.15) is 46.0 Å². The average molecular weight is 437 g/mol. The summed E-state index contributed by atoms with van der Waals surface area (Å²) in [6.07, 6.45) is -0.0334. The molecule has 0 saturated carbocycles. The van der Waals surface area contributed by atoms with Crippen LogP contribution in [0.2, 0.25) is 0 Å². The van der Waals surface area contributed by atoms with Gasteiger partial charge in [0.25, 0.3) is 0 Å². The maximum Gasteiger partial charge on any atom is 0.407 e. The van der Waals surface area contributed by atoms with Crippen molar-refractivity contribution >= 4 is 21.6 Å². The van der Waals surface area contributed by atoms with Crippen molar-refractivity contribution in [3.63, 3.8) is 0 Å². The minimum atomic E-state index is -3.74. The van der Waals surface area contributed by atoms with Gasteiger partial charge in [-0.1, -0.05) is 13.0 Å². The van der Waals surface area contributed by atoms with Gasteiger partial charge in [-0.15, -0.1) is 0 Å². The van der Waals surface area contributed by atoms with Gasteiger partial charge in [-0.25, -0.2) is 13.2 Å². The lowest BCUT2D eigenvalue weighted by Crippen LogP contribution is -2.40. The first-order chi connectivity index (χ1) is 13.9. The van der Waals surface area contributed by atoms with Crippen molar-refractivity contribution in [2.24, 2.45) is 0 Å². The third kappa shape index (κ3) is 5.53. The predicted molar refractivity (Wildman–Crippen MR) is 117 cm³/mol. The number of rotatable bonds is 7. The first kappa shape index (κ1) is 23.7. The molecular formula is C21H32N4O4S. The van der Waals surface area contributed by atoms with Crippen LogP contribution >= 0.6 is 0 Å². The van der Waals surface area contributed by atoms with Gasteiger partial charge in [0.1, 0.15) is 10.5 Å². The summed E-state index contributed by atoms with van der Waals surface area (Å²) in [5.41, 5.74) is 1.17. The Morgan fingerprint density at radius 1 is 1.30 bits per heavy atom. The Balaban J connectivity index is 2.33. The second-order valence-corrected chi connectivity index (χ2v) is 10.1. The summed E-state index contributed by atoms with van der Waals surface area (Å²) in [4.78, 5) is 12.5. The molecule has 0 saturated heterocycles. The maximum atomic E-state index is 13.4. The number of aromatic nitrogens is 2. The topological polar surface area (TPSA) is 102 Å². The highest BCUT2D eigenvalue weighted by Crippen LogP contribution is 2.29. The molecule has 2 N–H and O–H groups in total. The summed E-state index contributed by atoms with van der Waals surface area (Å²) in [5, 5.41) is 10.2. The zero-order chi connectivity index (χ0) is 22.7. The van der Waals surface area contributed by atoms with Crippen molar-refractivity contribution < 1.29 is 17.9 Å². The standard InChI is InChI=1S/C21H32N4O4S/c1-8-18-19(30(27,28)17-11-9-10-16(12-17)22-7)15(3)24-25(18)13-14(2)23-20(26)29-21(4,5)6/h9-12,14,22H,8,13H2,1-7H3,(H,23,26). The fourth-order valence-corrected chi connectivity index (χ4v) is 4.97. The smallest absolute Gasteiger partial charge is 0.407 e. The van der Waals surface area contributed by atoms with Gasteiger partial charge in [0.2, 0.25) is 9.84 Å². The van der Waals surface area contributed by atoms with E-state index in [2.05, 4.69) is 15.7 Å². The first-order valence-corrected chi connectivity index (χ1v) is 11.5. The number of nitrogens with one attached hydrogen (secondary N) is 2. The molecule has 0 aliphatic rings. The molecule has 1 aromatic heterocycles. The van der Waals surface area contributed by atoms with Gasteiger partial charge in [-0.2, -0.15) is 5.10 Å². The maximum absolute atomic E-state index is 13.4. The number of anilines is 1. The number of hydrogen-bond donors (Lipinski definition) is 2. The Labute approximate surface area is 178 Å². The quantitative estimate of drug-likeness (QED) is 0.688. The van der Waals surface area contributed by atoms with Crippen molar-refractivity contribution in [3.05, 3.63) is 35.7 Å². The highest BCUT2D eigenvalue weighted by Gasteiger charge is 2.28. The number of alkyl carbamates (subject to hydrolysis) is 1. The molecule has 30 heavy (non-hydrogen) atoms. The van der Waals surface area contributed by atoms with Crippen molar-refractivity contribution in [2.75, 3.05) is 12.4 Å². The van der Waals surface area contributed by atoms with Crippen LogP contribution in [0.4, 0.5) is 10.5 Å². The molecule has 1 atom stereocenters. The number of benzene rings is 1. The molecule has 1 unspecified atom stereocenters. The normalized spacial score (nSPS) is 13.0. The first-order valence-electron chi connectivity index (χ1n) is 9.97. The van der Waals surface area contributed by atoms with Crippen molar-refractivity contribution in [1.29, 1.82) is 0 Å². The van der Waals surface area contributed by atoms with E-state index >= 15 is 0 Å². The highest BCUT2D eigenvalue weighted by atomic mass is 32.2. The second-order valence-electron chi connectivity index (χ2n) is 8.23. The van der Waals surface area contributed by atoms with Crippen LogP contribution in [0, 0.1) is 6.92 Å². The van der Waals surface area contributed by atoms with E-state index in [1.54, 1.807) is 63.7 Å². The van der Waals surface area contributed by atoms with E-state index in [0.29, 0.717) is 30.0 Å². The second kappa shape index (κ2) is 9.07. The minimum absolute atomic E-state index is 0.214. The lowest BCUT2D eigenvalue weighted by Gasteiger charge is -2.22. The third-order valence-corrected chi connectivity index (χ3v) is 6.36. The van der Waals surface area contributed by atoms with Crippen LogP contribution in [0.15, 0.2) is 34.1 Å². The summed E-state index contributed by atoms with van der Waals surface area (Å²) >= 11 is 0. The van der Waals surface area contributed by atoms with Crippen LogP contribution in [0.3, 0.4) is 0 Å².